The zero-order valence-electron chi connectivity index (χ0n) is 27.0. The molecule has 0 bridgehead atoms. The van der Waals surface area contributed by atoms with Gasteiger partial charge in [-0.05, 0) is 100 Å². The molecule has 0 N–H and O–H groups in total. The number of hydrogen-bond donors (Lipinski definition) is 0. The van der Waals surface area contributed by atoms with Crippen LogP contribution in [-0.4, -0.2) is 4.98 Å². The standard InChI is InChI=1S/C47H29NS2/c1-3-19-44-38(15-1)40-28-34(21-23-46(40)49-44)31-10-5-9-30(25-31)32-11-6-13-36(26-32)42-17-8-18-43(48-42)37-14-7-12-33(27-37)35-22-24-47-41(29-35)39-16-2-4-20-45(39)50-47/h1-29H. The van der Waals surface area contributed by atoms with E-state index in [1.54, 1.807) is 0 Å². The fourth-order valence-corrected chi connectivity index (χ4v) is 9.33. The molecule has 0 aliphatic heterocycles. The van der Waals surface area contributed by atoms with E-state index in [1.807, 2.05) is 22.7 Å². The van der Waals surface area contributed by atoms with Crippen molar-refractivity contribution in [1.29, 1.82) is 0 Å². The van der Waals surface area contributed by atoms with Gasteiger partial charge in [-0.3, -0.25) is 0 Å². The van der Waals surface area contributed by atoms with Crippen LogP contribution >= 0.6 is 22.7 Å². The Bertz CT molecular complexity index is 2690. The molecular weight excluding hydrogens is 643 g/mol. The van der Waals surface area contributed by atoms with E-state index in [2.05, 4.69) is 176 Å². The van der Waals surface area contributed by atoms with Gasteiger partial charge in [0.15, 0.2) is 0 Å². The second kappa shape index (κ2) is 11.9. The Hall–Kier alpha value is -5.87. The fourth-order valence-electron chi connectivity index (χ4n) is 7.16. The lowest BCUT2D eigenvalue weighted by Gasteiger charge is -2.10. The van der Waals surface area contributed by atoms with Crippen molar-refractivity contribution in [1.82, 2.24) is 4.98 Å². The van der Waals surface area contributed by atoms with Crippen molar-refractivity contribution in [2.75, 3.05) is 0 Å². The van der Waals surface area contributed by atoms with Crippen LogP contribution in [0.4, 0.5) is 0 Å². The SMILES string of the molecule is c1cc(-c2cccc(-c3cccc(-c4cccc(-c5ccc6sc7ccccc7c6c5)c4)n3)c2)cc(-c2ccc3sc4ccccc4c3c2)c1. The zero-order valence-corrected chi connectivity index (χ0v) is 28.6. The quantitative estimate of drug-likeness (QED) is 0.177. The van der Waals surface area contributed by atoms with Crippen molar-refractivity contribution in [2.24, 2.45) is 0 Å². The van der Waals surface area contributed by atoms with Crippen LogP contribution < -0.4 is 0 Å². The third kappa shape index (κ3) is 5.11. The Morgan fingerprint density at radius 1 is 0.260 bits per heavy atom. The first-order chi connectivity index (χ1) is 24.7. The monoisotopic (exact) mass is 671 g/mol. The van der Waals surface area contributed by atoms with Crippen LogP contribution in [0, 0.1) is 0 Å². The fraction of sp³-hybridized carbons (Fsp3) is 0. The van der Waals surface area contributed by atoms with Crippen molar-refractivity contribution in [3.63, 3.8) is 0 Å². The Morgan fingerprint density at radius 2 is 0.620 bits per heavy atom. The third-order valence-electron chi connectivity index (χ3n) is 9.68. The lowest BCUT2D eigenvalue weighted by Crippen LogP contribution is -1.89. The van der Waals surface area contributed by atoms with Gasteiger partial charge in [-0.1, -0.05) is 109 Å². The molecule has 0 saturated heterocycles. The smallest absolute Gasteiger partial charge is 0.0709 e. The van der Waals surface area contributed by atoms with E-state index in [-0.39, 0.29) is 0 Å². The molecular formula is C47H29NS2. The summed E-state index contributed by atoms with van der Waals surface area (Å²) in [6.07, 6.45) is 0. The molecule has 0 aliphatic carbocycles. The van der Waals surface area contributed by atoms with Crippen LogP contribution in [-0.2, 0) is 0 Å². The molecule has 3 aromatic heterocycles. The molecule has 0 aliphatic rings. The van der Waals surface area contributed by atoms with Gasteiger partial charge in [-0.15, -0.1) is 22.7 Å². The van der Waals surface area contributed by atoms with E-state index < -0.39 is 0 Å². The van der Waals surface area contributed by atoms with Crippen molar-refractivity contribution in [2.45, 2.75) is 0 Å². The number of nitrogens with zero attached hydrogens (tertiary/aromatic N) is 1. The van der Waals surface area contributed by atoms with Crippen molar-refractivity contribution in [3.8, 4) is 55.9 Å². The van der Waals surface area contributed by atoms with E-state index in [0.717, 1.165) is 22.5 Å². The molecule has 234 valence electrons. The molecule has 10 rings (SSSR count). The summed E-state index contributed by atoms with van der Waals surface area (Å²) in [4.78, 5) is 5.18. The maximum Gasteiger partial charge on any atom is 0.0709 e. The van der Waals surface area contributed by atoms with Crippen molar-refractivity contribution >= 4 is 63.0 Å². The van der Waals surface area contributed by atoms with Gasteiger partial charge in [0.05, 0.1) is 11.4 Å². The summed E-state index contributed by atoms with van der Waals surface area (Å²) in [5, 5.41) is 5.29. The highest BCUT2D eigenvalue weighted by molar-refractivity contribution is 7.26. The number of pyridine rings is 1. The Kier molecular flexibility index (Phi) is 6.93. The predicted molar refractivity (Wildman–Crippen MR) is 217 cm³/mol. The Balaban J connectivity index is 0.968. The van der Waals surface area contributed by atoms with Gasteiger partial charge in [0, 0.05) is 51.5 Å². The highest BCUT2D eigenvalue weighted by atomic mass is 32.1. The van der Waals surface area contributed by atoms with E-state index >= 15 is 0 Å². The minimum atomic E-state index is 0.965. The number of fused-ring (bicyclic) bond motifs is 6. The van der Waals surface area contributed by atoms with Gasteiger partial charge in [-0.25, -0.2) is 4.98 Å². The Morgan fingerprint density at radius 3 is 1.10 bits per heavy atom. The molecule has 7 aromatic carbocycles. The Labute approximate surface area is 298 Å². The van der Waals surface area contributed by atoms with Gasteiger partial charge >= 0.3 is 0 Å². The summed E-state index contributed by atoms with van der Waals surface area (Å²) in [6, 6.07) is 63.8. The topological polar surface area (TPSA) is 12.9 Å². The van der Waals surface area contributed by atoms with Gasteiger partial charge in [0.1, 0.15) is 0 Å². The molecule has 0 radical (unpaired) electrons. The third-order valence-corrected chi connectivity index (χ3v) is 12.0. The second-order valence-corrected chi connectivity index (χ2v) is 14.9. The largest absolute Gasteiger partial charge is 0.248 e. The lowest BCUT2D eigenvalue weighted by molar-refractivity contribution is 1.32. The molecule has 3 heteroatoms. The van der Waals surface area contributed by atoms with Gasteiger partial charge in [0.25, 0.3) is 0 Å². The van der Waals surface area contributed by atoms with Crippen LogP contribution in [0.5, 0.6) is 0 Å². The first kappa shape index (κ1) is 29.1. The van der Waals surface area contributed by atoms with Crippen LogP contribution in [0.25, 0.3) is 96.2 Å². The number of rotatable bonds is 5. The van der Waals surface area contributed by atoms with Gasteiger partial charge < -0.3 is 0 Å². The zero-order chi connectivity index (χ0) is 33.0. The minimum Gasteiger partial charge on any atom is -0.248 e. The molecule has 3 heterocycles. The number of hydrogen-bond acceptors (Lipinski definition) is 3. The molecule has 0 unspecified atom stereocenters. The summed E-state index contributed by atoms with van der Waals surface area (Å²) < 4.78 is 5.31. The van der Waals surface area contributed by atoms with Gasteiger partial charge in [-0.2, -0.15) is 0 Å². The summed E-state index contributed by atoms with van der Waals surface area (Å²) in [5.41, 5.74) is 11.4. The highest BCUT2D eigenvalue weighted by Crippen LogP contribution is 2.39. The van der Waals surface area contributed by atoms with Crippen molar-refractivity contribution in [3.05, 3.63) is 176 Å². The van der Waals surface area contributed by atoms with Gasteiger partial charge in [0.2, 0.25) is 0 Å². The van der Waals surface area contributed by atoms with Crippen LogP contribution in [0.3, 0.4) is 0 Å². The first-order valence-corrected chi connectivity index (χ1v) is 18.5. The maximum atomic E-state index is 5.18. The molecule has 50 heavy (non-hydrogen) atoms. The summed E-state index contributed by atoms with van der Waals surface area (Å²) in [6.45, 7) is 0. The summed E-state index contributed by atoms with van der Waals surface area (Å²) in [7, 11) is 0. The number of benzene rings is 7. The van der Waals surface area contributed by atoms with Crippen LogP contribution in [0.1, 0.15) is 0 Å². The molecule has 0 saturated carbocycles. The molecule has 10 aromatic rings. The summed E-state index contributed by atoms with van der Waals surface area (Å²) >= 11 is 3.71. The predicted octanol–water partition coefficient (Wildman–Crippen LogP) is 14.2. The van der Waals surface area contributed by atoms with E-state index in [1.165, 1.54) is 73.7 Å². The molecule has 1 nitrogen and oxygen atoms in total. The van der Waals surface area contributed by atoms with Crippen LogP contribution in [0.2, 0.25) is 0 Å². The average molecular weight is 672 g/mol. The van der Waals surface area contributed by atoms with E-state index in [0.29, 0.717) is 0 Å². The number of aromatic nitrogens is 1. The normalized spacial score (nSPS) is 11.6. The first-order valence-electron chi connectivity index (χ1n) is 16.9. The lowest BCUT2D eigenvalue weighted by atomic mass is 9.96. The summed E-state index contributed by atoms with van der Waals surface area (Å²) in [5.74, 6) is 0. The average Bonchev–Trinajstić information content (AvgIpc) is 3.76. The van der Waals surface area contributed by atoms with E-state index in [9.17, 15) is 0 Å². The molecule has 0 atom stereocenters. The van der Waals surface area contributed by atoms with Crippen molar-refractivity contribution < 1.29 is 0 Å². The maximum absolute atomic E-state index is 5.18. The molecule has 0 spiro atoms. The number of thiophene rings is 2. The minimum absolute atomic E-state index is 0.965. The van der Waals surface area contributed by atoms with E-state index in [4.69, 9.17) is 4.98 Å². The second-order valence-electron chi connectivity index (χ2n) is 12.8. The van der Waals surface area contributed by atoms with Crippen LogP contribution in [0.15, 0.2) is 176 Å². The molecule has 0 fully saturated rings. The molecule has 0 amide bonds. The highest BCUT2D eigenvalue weighted by Gasteiger charge is 2.11.